The first kappa shape index (κ1) is 14.5. The van der Waals surface area contributed by atoms with Gasteiger partial charge in [-0.15, -0.1) is 0 Å². The Hall–Kier alpha value is -0.520. The summed E-state index contributed by atoms with van der Waals surface area (Å²) in [7, 11) is 0. The van der Waals surface area contributed by atoms with E-state index in [0.29, 0.717) is 5.41 Å². The first-order valence-corrected chi connectivity index (χ1v) is 7.54. The van der Waals surface area contributed by atoms with Crippen LogP contribution in [0.5, 0.6) is 0 Å². The minimum atomic E-state index is 0.466. The van der Waals surface area contributed by atoms with Gasteiger partial charge in [0.2, 0.25) is 0 Å². The zero-order valence-corrected chi connectivity index (χ0v) is 12.2. The van der Waals surface area contributed by atoms with Crippen molar-refractivity contribution in [2.75, 3.05) is 0 Å². The van der Waals surface area contributed by atoms with Gasteiger partial charge < -0.3 is 0 Å². The lowest BCUT2D eigenvalue weighted by atomic mass is 9.64. The second-order valence-electron chi connectivity index (χ2n) is 5.75. The average molecular weight is 234 g/mol. The number of allylic oxidation sites excluding steroid dienone is 4. The van der Waals surface area contributed by atoms with Gasteiger partial charge in [-0.2, -0.15) is 0 Å². The zero-order chi connectivity index (χ0) is 12.7. The molecule has 0 saturated carbocycles. The molecule has 2 unspecified atom stereocenters. The molecule has 98 valence electrons. The van der Waals surface area contributed by atoms with E-state index in [0.717, 1.165) is 11.8 Å². The molecule has 0 bridgehead atoms. The highest BCUT2D eigenvalue weighted by Crippen LogP contribution is 2.44. The van der Waals surface area contributed by atoms with Crippen molar-refractivity contribution in [1.82, 2.24) is 0 Å². The molecule has 2 atom stereocenters. The summed E-state index contributed by atoms with van der Waals surface area (Å²) in [5, 5.41) is 0. The maximum Gasteiger partial charge on any atom is -0.0176 e. The minimum absolute atomic E-state index is 0.466. The lowest BCUT2D eigenvalue weighted by molar-refractivity contribution is 0.153. The molecule has 0 heterocycles. The van der Waals surface area contributed by atoms with E-state index in [-0.39, 0.29) is 0 Å². The third-order valence-electron chi connectivity index (χ3n) is 4.42. The summed E-state index contributed by atoms with van der Waals surface area (Å²) in [5.41, 5.74) is 0.466. The third-order valence-corrected chi connectivity index (χ3v) is 4.42. The second-order valence-corrected chi connectivity index (χ2v) is 5.75. The fraction of sp³-hybridized carbons (Fsp3) is 0.765. The van der Waals surface area contributed by atoms with Gasteiger partial charge in [0.25, 0.3) is 0 Å². The van der Waals surface area contributed by atoms with Crippen molar-refractivity contribution in [3.05, 3.63) is 24.3 Å². The standard InChI is InChI=1S/C15H24.C2H6/c1-15(2,13-9-5-3-6-10-13)14-11-7-4-8-12-14;1-2/h5,7,9,11,13-14H,3-4,6,8,10,12H2,1-2H3;1-2H3. The van der Waals surface area contributed by atoms with Gasteiger partial charge in [-0.3, -0.25) is 0 Å². The largest absolute Gasteiger partial charge is 0.0882 e. The van der Waals surface area contributed by atoms with Crippen molar-refractivity contribution in [1.29, 1.82) is 0 Å². The van der Waals surface area contributed by atoms with E-state index in [9.17, 15) is 0 Å². The molecule has 0 aromatic rings. The molecule has 0 aromatic heterocycles. The van der Waals surface area contributed by atoms with E-state index in [4.69, 9.17) is 0 Å². The normalized spacial score (nSPS) is 28.5. The highest BCUT2D eigenvalue weighted by Gasteiger charge is 2.35. The molecule has 17 heavy (non-hydrogen) atoms. The van der Waals surface area contributed by atoms with Crippen molar-refractivity contribution in [2.45, 2.75) is 66.2 Å². The van der Waals surface area contributed by atoms with E-state index < -0.39 is 0 Å². The monoisotopic (exact) mass is 234 g/mol. The second kappa shape index (κ2) is 7.03. The molecule has 0 radical (unpaired) electrons. The van der Waals surface area contributed by atoms with Gasteiger partial charge in [0.15, 0.2) is 0 Å². The Bertz CT molecular complexity index is 231. The first-order valence-electron chi connectivity index (χ1n) is 7.54. The summed E-state index contributed by atoms with van der Waals surface area (Å²) in [5.74, 6) is 1.61. The fourth-order valence-corrected chi connectivity index (χ4v) is 3.14. The van der Waals surface area contributed by atoms with Crippen molar-refractivity contribution >= 4 is 0 Å². The predicted molar refractivity (Wildman–Crippen MR) is 78.1 cm³/mol. The summed E-state index contributed by atoms with van der Waals surface area (Å²) in [6, 6.07) is 0. The molecule has 2 rings (SSSR count). The molecular weight excluding hydrogens is 204 g/mol. The van der Waals surface area contributed by atoms with Crippen LogP contribution in [-0.2, 0) is 0 Å². The maximum absolute atomic E-state index is 2.48. The Morgan fingerprint density at radius 1 is 0.824 bits per heavy atom. The van der Waals surface area contributed by atoms with E-state index >= 15 is 0 Å². The topological polar surface area (TPSA) is 0 Å². The van der Waals surface area contributed by atoms with Crippen molar-refractivity contribution < 1.29 is 0 Å². The first-order chi connectivity index (χ1) is 8.21. The van der Waals surface area contributed by atoms with Crippen molar-refractivity contribution in [3.63, 3.8) is 0 Å². The number of hydrogen-bond acceptors (Lipinski definition) is 0. The smallest absolute Gasteiger partial charge is 0.0176 e. The van der Waals surface area contributed by atoms with E-state index in [1.807, 2.05) is 13.8 Å². The Balaban J connectivity index is 0.000000686. The Kier molecular flexibility index (Phi) is 6.02. The molecule has 0 N–H and O–H groups in total. The summed E-state index contributed by atoms with van der Waals surface area (Å²) >= 11 is 0. The summed E-state index contributed by atoms with van der Waals surface area (Å²) in [6.07, 6.45) is 17.9. The van der Waals surface area contributed by atoms with Gasteiger partial charge in [-0.05, 0) is 55.8 Å². The highest BCUT2D eigenvalue weighted by atomic mass is 14.4. The Morgan fingerprint density at radius 2 is 1.24 bits per heavy atom. The maximum atomic E-state index is 2.48. The molecule has 0 spiro atoms. The van der Waals surface area contributed by atoms with Gasteiger partial charge >= 0.3 is 0 Å². The van der Waals surface area contributed by atoms with Crippen LogP contribution in [0, 0.1) is 17.3 Å². The Labute approximate surface area is 108 Å². The minimum Gasteiger partial charge on any atom is -0.0882 e. The van der Waals surface area contributed by atoms with Crippen LogP contribution < -0.4 is 0 Å². The van der Waals surface area contributed by atoms with Crippen LogP contribution in [0.4, 0.5) is 0 Å². The third kappa shape index (κ3) is 3.72. The molecule has 0 amide bonds. The summed E-state index contributed by atoms with van der Waals surface area (Å²) in [6.45, 7) is 8.93. The lowest BCUT2D eigenvalue weighted by Gasteiger charge is -2.41. The molecule has 0 heteroatoms. The van der Waals surface area contributed by atoms with Crippen LogP contribution in [0.15, 0.2) is 24.3 Å². The molecule has 0 aliphatic heterocycles. The van der Waals surface area contributed by atoms with Crippen LogP contribution in [0.1, 0.15) is 66.2 Å². The zero-order valence-electron chi connectivity index (χ0n) is 12.2. The van der Waals surface area contributed by atoms with Gasteiger partial charge in [0.1, 0.15) is 0 Å². The molecule has 0 saturated heterocycles. The molecule has 0 aromatic carbocycles. The van der Waals surface area contributed by atoms with E-state index in [1.54, 1.807) is 0 Å². The average Bonchev–Trinajstić information content (AvgIpc) is 2.43. The quantitative estimate of drug-likeness (QED) is 0.533. The molecule has 0 fully saturated rings. The van der Waals surface area contributed by atoms with Gasteiger partial charge in [0.05, 0.1) is 0 Å². The van der Waals surface area contributed by atoms with Gasteiger partial charge in [0, 0.05) is 0 Å². The fourth-order valence-electron chi connectivity index (χ4n) is 3.14. The van der Waals surface area contributed by atoms with Crippen molar-refractivity contribution in [3.8, 4) is 0 Å². The Morgan fingerprint density at radius 3 is 1.53 bits per heavy atom. The van der Waals surface area contributed by atoms with E-state index in [2.05, 4.69) is 38.2 Å². The van der Waals surface area contributed by atoms with E-state index in [1.165, 1.54) is 38.5 Å². The predicted octanol–water partition coefficient (Wildman–Crippen LogP) is 5.75. The summed E-state index contributed by atoms with van der Waals surface area (Å²) in [4.78, 5) is 0. The van der Waals surface area contributed by atoms with Crippen LogP contribution in [0.25, 0.3) is 0 Å². The number of hydrogen-bond donors (Lipinski definition) is 0. The lowest BCUT2D eigenvalue weighted by Crippen LogP contribution is -2.32. The SMILES string of the molecule is CC.CC(C)(C1C=CCCC1)C1C=CCCC1. The summed E-state index contributed by atoms with van der Waals surface area (Å²) < 4.78 is 0. The molecule has 2 aliphatic rings. The molecule has 2 aliphatic carbocycles. The highest BCUT2D eigenvalue weighted by molar-refractivity contribution is 5.06. The molecular formula is C17H30. The van der Waals surface area contributed by atoms with Crippen molar-refractivity contribution in [2.24, 2.45) is 17.3 Å². The van der Waals surface area contributed by atoms with Gasteiger partial charge in [-0.25, -0.2) is 0 Å². The van der Waals surface area contributed by atoms with Crippen LogP contribution in [0.2, 0.25) is 0 Å². The number of rotatable bonds is 2. The molecule has 0 nitrogen and oxygen atoms in total. The van der Waals surface area contributed by atoms with Crippen LogP contribution >= 0.6 is 0 Å². The van der Waals surface area contributed by atoms with Gasteiger partial charge in [-0.1, -0.05) is 52.0 Å². The van der Waals surface area contributed by atoms with Crippen LogP contribution in [-0.4, -0.2) is 0 Å². The van der Waals surface area contributed by atoms with Crippen LogP contribution in [0.3, 0.4) is 0 Å².